The summed E-state index contributed by atoms with van der Waals surface area (Å²) in [4.78, 5) is 8.16. The van der Waals surface area contributed by atoms with Gasteiger partial charge in [0.1, 0.15) is 0 Å². The molecule has 0 radical (unpaired) electrons. The van der Waals surface area contributed by atoms with Crippen molar-refractivity contribution in [1.82, 2.24) is 0 Å². The molecule has 0 aliphatic carbocycles. The van der Waals surface area contributed by atoms with Crippen molar-refractivity contribution in [3.8, 4) is 0 Å². The van der Waals surface area contributed by atoms with Crippen molar-refractivity contribution >= 4 is 7.60 Å². The fourth-order valence-corrected chi connectivity index (χ4v) is 0. The Morgan fingerprint density at radius 1 is 1.71 bits per heavy atom. The third kappa shape index (κ3) is 11.2. The molecule has 0 fully saturated rings. The molecule has 3 nitrogen and oxygen atoms in total. The van der Waals surface area contributed by atoms with Crippen molar-refractivity contribution in [3.63, 3.8) is 0 Å². The number of hydrogen-bond acceptors (Lipinski definition) is 2. The molecule has 1 atom stereocenters. The zero-order valence-electron chi connectivity index (χ0n) is 4.06. The van der Waals surface area contributed by atoms with Gasteiger partial charge in [0.25, 0.3) is 0 Å². The summed E-state index contributed by atoms with van der Waals surface area (Å²) in [6.07, 6.45) is 0. The van der Waals surface area contributed by atoms with E-state index in [0.717, 1.165) is 6.66 Å². The molecule has 0 aliphatic heterocycles. The van der Waals surface area contributed by atoms with Gasteiger partial charge < -0.3 is 9.42 Å². The van der Waals surface area contributed by atoms with E-state index < -0.39 is 7.60 Å². The van der Waals surface area contributed by atoms with E-state index in [-0.39, 0.29) is 39.9 Å². The Morgan fingerprint density at radius 2 is 1.86 bits per heavy atom. The molecule has 0 heterocycles. The van der Waals surface area contributed by atoms with E-state index in [2.05, 4.69) is 4.52 Å². The molecule has 0 amide bonds. The van der Waals surface area contributed by atoms with Crippen molar-refractivity contribution in [1.29, 1.82) is 0 Å². The molecule has 0 saturated heterocycles. The molecular formula is C2H7GdO3P. The van der Waals surface area contributed by atoms with Gasteiger partial charge in [-0.3, -0.25) is 4.57 Å². The van der Waals surface area contributed by atoms with Crippen molar-refractivity contribution < 1.29 is 53.9 Å². The molecule has 0 aliphatic rings. The van der Waals surface area contributed by atoms with E-state index in [1.54, 1.807) is 0 Å². The van der Waals surface area contributed by atoms with Gasteiger partial charge in [-0.1, -0.05) is 0 Å². The van der Waals surface area contributed by atoms with Crippen LogP contribution in [0.15, 0.2) is 0 Å². The van der Waals surface area contributed by atoms with Crippen LogP contribution in [-0.4, -0.2) is 18.7 Å². The molecule has 0 saturated carbocycles. The van der Waals surface area contributed by atoms with Gasteiger partial charge in [-0.2, -0.15) is 0 Å². The van der Waals surface area contributed by atoms with Crippen LogP contribution in [-0.2, 0) is 9.09 Å². The quantitative estimate of drug-likeness (QED) is 0.702. The maximum absolute atomic E-state index is 9.92. The van der Waals surface area contributed by atoms with Crippen LogP contribution >= 0.6 is 7.60 Å². The first-order valence-electron chi connectivity index (χ1n) is 1.42. The van der Waals surface area contributed by atoms with Crippen molar-refractivity contribution in [2.45, 2.75) is 0 Å². The summed E-state index contributed by atoms with van der Waals surface area (Å²) in [5.74, 6) is 0. The summed E-state index contributed by atoms with van der Waals surface area (Å²) in [7, 11) is -1.95. The average Bonchev–Trinajstić information content (AvgIpc) is 1.35. The summed E-state index contributed by atoms with van der Waals surface area (Å²) in [5.41, 5.74) is 0. The largest absolute Gasteiger partial charge is 0.324 e. The molecule has 1 N–H and O–H groups in total. The van der Waals surface area contributed by atoms with Crippen molar-refractivity contribution in [3.05, 3.63) is 0 Å². The second-order valence-corrected chi connectivity index (χ2v) is 2.96. The molecule has 0 rings (SSSR count). The number of rotatable bonds is 1. The summed E-state index contributed by atoms with van der Waals surface area (Å²) < 4.78 is 14.0. The average molecular weight is 267 g/mol. The first-order valence-corrected chi connectivity index (χ1v) is 3.45. The smallest absolute Gasteiger partial charge is 0.324 e. The van der Waals surface area contributed by atoms with E-state index in [0.29, 0.717) is 0 Å². The van der Waals surface area contributed by atoms with Gasteiger partial charge in [-0.15, -0.1) is 0 Å². The molecule has 1 unspecified atom stereocenters. The maximum Gasteiger partial charge on any atom is 0.324 e. The summed E-state index contributed by atoms with van der Waals surface area (Å²) in [6.45, 7) is 1.13. The summed E-state index contributed by atoms with van der Waals surface area (Å²) in [5, 5.41) is 0. The van der Waals surface area contributed by atoms with Crippen LogP contribution in [0.25, 0.3) is 0 Å². The Balaban J connectivity index is 0. The van der Waals surface area contributed by atoms with Crippen molar-refractivity contribution in [2.75, 3.05) is 13.8 Å². The first-order chi connectivity index (χ1) is 2.56. The van der Waals surface area contributed by atoms with Crippen LogP contribution in [0.5, 0.6) is 0 Å². The Morgan fingerprint density at radius 3 is 1.86 bits per heavy atom. The molecule has 0 spiro atoms. The van der Waals surface area contributed by atoms with E-state index in [4.69, 9.17) is 4.89 Å². The van der Waals surface area contributed by atoms with E-state index in [9.17, 15) is 4.57 Å². The molecule has 46 valence electrons. The van der Waals surface area contributed by atoms with Crippen LogP contribution in [0, 0.1) is 39.9 Å². The molecular weight excluding hydrogens is 260 g/mol. The zero-order chi connectivity index (χ0) is 5.21. The molecule has 0 bridgehead atoms. The molecule has 5 heteroatoms. The second kappa shape index (κ2) is 4.36. The van der Waals surface area contributed by atoms with Crippen LogP contribution in [0.2, 0.25) is 0 Å². The van der Waals surface area contributed by atoms with Crippen LogP contribution in [0.3, 0.4) is 0 Å². The standard InChI is InChI=1S/C2H7O3P.Gd/c1-5-6(2,3)4;/h1-2H3,(H,3,4);. The van der Waals surface area contributed by atoms with E-state index >= 15 is 0 Å². The van der Waals surface area contributed by atoms with Crippen LogP contribution < -0.4 is 0 Å². The predicted molar refractivity (Wildman–Crippen MR) is 22.8 cm³/mol. The normalized spacial score (nSPS) is 17.0. The van der Waals surface area contributed by atoms with Gasteiger partial charge >= 0.3 is 7.60 Å². The third-order valence-electron chi connectivity index (χ3n) is 0.339. The summed E-state index contributed by atoms with van der Waals surface area (Å²) >= 11 is 0. The van der Waals surface area contributed by atoms with Crippen molar-refractivity contribution in [2.24, 2.45) is 0 Å². The van der Waals surface area contributed by atoms with Gasteiger partial charge in [0, 0.05) is 53.7 Å². The van der Waals surface area contributed by atoms with Crippen LogP contribution in [0.4, 0.5) is 0 Å². The zero-order valence-corrected chi connectivity index (χ0v) is 7.23. The molecule has 0 aromatic heterocycles. The Bertz CT molecular complexity index is 77.0. The Kier molecular flexibility index (Phi) is 7.04. The SMILES string of the molecule is COP(C)(=O)O.[Gd]. The maximum atomic E-state index is 9.92. The molecule has 7 heavy (non-hydrogen) atoms. The third-order valence-corrected chi connectivity index (χ3v) is 1.02. The fraction of sp³-hybridized carbons (Fsp3) is 1.00. The van der Waals surface area contributed by atoms with Gasteiger partial charge in [-0.05, 0) is 0 Å². The van der Waals surface area contributed by atoms with E-state index in [1.165, 1.54) is 7.11 Å². The topological polar surface area (TPSA) is 46.5 Å². The Labute approximate surface area is 74.7 Å². The monoisotopic (exact) mass is 268 g/mol. The minimum atomic E-state index is -3.15. The van der Waals surface area contributed by atoms with Gasteiger partial charge in [0.2, 0.25) is 0 Å². The fourth-order valence-electron chi connectivity index (χ4n) is 0. The van der Waals surface area contributed by atoms with Gasteiger partial charge in [0.05, 0.1) is 0 Å². The first kappa shape index (κ1) is 11.3. The Hall–Kier alpha value is 1.47. The summed E-state index contributed by atoms with van der Waals surface area (Å²) in [6, 6.07) is 0. The van der Waals surface area contributed by atoms with Gasteiger partial charge in [-0.25, -0.2) is 0 Å². The number of hydrogen-bond donors (Lipinski definition) is 1. The molecule has 0 aromatic rings. The minimum Gasteiger partial charge on any atom is -0.324 e. The van der Waals surface area contributed by atoms with Crippen LogP contribution in [0.1, 0.15) is 0 Å². The van der Waals surface area contributed by atoms with Gasteiger partial charge in [0.15, 0.2) is 0 Å². The minimum absolute atomic E-state index is 0. The second-order valence-electron chi connectivity index (χ2n) is 0.986. The predicted octanol–water partition coefficient (Wildman–Crippen LogP) is 0.448. The molecule has 0 aromatic carbocycles. The van der Waals surface area contributed by atoms with E-state index in [1.807, 2.05) is 0 Å².